The minimum absolute atomic E-state index is 0.519. The number of nitrogens with zero attached hydrogens (tertiary/aromatic N) is 2. The normalized spacial score (nSPS) is 14.0. The first-order valence-corrected chi connectivity index (χ1v) is 9.50. The molecule has 0 saturated heterocycles. The summed E-state index contributed by atoms with van der Waals surface area (Å²) >= 11 is 0. The average molecular weight is 400 g/mol. The highest BCUT2D eigenvalue weighted by Crippen LogP contribution is 2.31. The largest absolute Gasteiger partial charge is 0.491 e. The number of halogens is 2. The predicted octanol–water partition coefficient (Wildman–Crippen LogP) is 4.20. The molecule has 0 saturated carbocycles. The first-order valence-electron chi connectivity index (χ1n) is 9.50. The minimum Gasteiger partial charge on any atom is -0.491 e. The second-order valence-corrected chi connectivity index (χ2v) is 7.01. The van der Waals surface area contributed by atoms with Crippen molar-refractivity contribution in [1.29, 1.82) is 0 Å². The molecule has 3 aromatic rings. The smallest absolute Gasteiger partial charge is 0.159 e. The molecular formula is C22H22F2N2O3. The fraction of sp³-hybridized carbons (Fsp3) is 0.318. The highest BCUT2D eigenvalue weighted by Gasteiger charge is 2.25. The molecule has 4 rings (SSSR count). The van der Waals surface area contributed by atoms with E-state index in [4.69, 9.17) is 14.0 Å². The van der Waals surface area contributed by atoms with Crippen LogP contribution in [0.15, 0.2) is 47.0 Å². The number of hydrogen-bond acceptors (Lipinski definition) is 5. The molecule has 0 amide bonds. The van der Waals surface area contributed by atoms with E-state index in [1.165, 1.54) is 11.6 Å². The van der Waals surface area contributed by atoms with Crippen molar-refractivity contribution in [2.45, 2.75) is 19.5 Å². The van der Waals surface area contributed by atoms with Crippen LogP contribution in [0.2, 0.25) is 0 Å². The van der Waals surface area contributed by atoms with Crippen LogP contribution in [-0.2, 0) is 24.2 Å². The van der Waals surface area contributed by atoms with Crippen molar-refractivity contribution in [3.63, 3.8) is 0 Å². The summed E-state index contributed by atoms with van der Waals surface area (Å²) in [6.45, 7) is 3.31. The summed E-state index contributed by atoms with van der Waals surface area (Å²) < 4.78 is 42.9. The molecule has 2 aromatic carbocycles. The van der Waals surface area contributed by atoms with Crippen LogP contribution in [0.3, 0.4) is 0 Å². The third kappa shape index (κ3) is 4.46. The number of methoxy groups -OCH3 is 1. The Morgan fingerprint density at radius 3 is 2.66 bits per heavy atom. The number of rotatable bonds is 7. The van der Waals surface area contributed by atoms with Crippen molar-refractivity contribution in [3.8, 4) is 17.0 Å². The Balaban J connectivity index is 1.45. The van der Waals surface area contributed by atoms with Gasteiger partial charge in [-0.2, -0.15) is 0 Å². The summed E-state index contributed by atoms with van der Waals surface area (Å²) in [5, 5.41) is 4.11. The van der Waals surface area contributed by atoms with E-state index in [1.54, 1.807) is 7.11 Å². The van der Waals surface area contributed by atoms with Crippen molar-refractivity contribution >= 4 is 0 Å². The molecule has 0 atom stereocenters. The van der Waals surface area contributed by atoms with Crippen molar-refractivity contribution in [1.82, 2.24) is 10.1 Å². The summed E-state index contributed by atoms with van der Waals surface area (Å²) in [7, 11) is 1.64. The van der Waals surface area contributed by atoms with Gasteiger partial charge in [0.1, 0.15) is 23.8 Å². The van der Waals surface area contributed by atoms with E-state index in [9.17, 15) is 8.78 Å². The third-order valence-electron chi connectivity index (χ3n) is 4.99. The van der Waals surface area contributed by atoms with E-state index in [0.29, 0.717) is 31.0 Å². The van der Waals surface area contributed by atoms with Gasteiger partial charge in [-0.3, -0.25) is 4.90 Å². The Morgan fingerprint density at radius 2 is 1.90 bits per heavy atom. The Hall–Kier alpha value is -2.77. The maximum Gasteiger partial charge on any atom is 0.159 e. The number of ether oxygens (including phenoxy) is 2. The van der Waals surface area contributed by atoms with Crippen molar-refractivity contribution in [2.75, 3.05) is 26.9 Å². The van der Waals surface area contributed by atoms with Crippen LogP contribution in [0.1, 0.15) is 16.9 Å². The second-order valence-electron chi connectivity index (χ2n) is 7.01. The fourth-order valence-electron chi connectivity index (χ4n) is 3.46. The van der Waals surface area contributed by atoms with E-state index in [1.807, 2.05) is 24.3 Å². The molecule has 0 radical (unpaired) electrons. The molecule has 0 fully saturated rings. The van der Waals surface area contributed by atoms with Crippen LogP contribution >= 0.6 is 0 Å². The lowest BCUT2D eigenvalue weighted by atomic mass is 10.0. The van der Waals surface area contributed by atoms with Crippen LogP contribution in [-0.4, -0.2) is 36.9 Å². The molecule has 1 aliphatic rings. The van der Waals surface area contributed by atoms with E-state index in [0.717, 1.165) is 48.7 Å². The second kappa shape index (κ2) is 8.71. The summed E-state index contributed by atoms with van der Waals surface area (Å²) in [6.07, 6.45) is 0.726. The molecule has 0 unspecified atom stereocenters. The van der Waals surface area contributed by atoms with Gasteiger partial charge in [0.2, 0.25) is 0 Å². The lowest BCUT2D eigenvalue weighted by Crippen LogP contribution is -2.29. The van der Waals surface area contributed by atoms with Gasteiger partial charge in [0, 0.05) is 44.3 Å². The van der Waals surface area contributed by atoms with Gasteiger partial charge < -0.3 is 14.0 Å². The Morgan fingerprint density at radius 1 is 1.07 bits per heavy atom. The maximum atomic E-state index is 13.6. The lowest BCUT2D eigenvalue weighted by molar-refractivity contribution is 0.146. The maximum absolute atomic E-state index is 13.6. The predicted molar refractivity (Wildman–Crippen MR) is 103 cm³/mol. The molecule has 1 aliphatic heterocycles. The zero-order chi connectivity index (χ0) is 20.2. The molecule has 0 bridgehead atoms. The van der Waals surface area contributed by atoms with E-state index in [2.05, 4.69) is 10.1 Å². The average Bonchev–Trinajstić information content (AvgIpc) is 3.15. The molecule has 0 aliphatic carbocycles. The number of aromatic nitrogens is 1. The molecule has 0 spiro atoms. The topological polar surface area (TPSA) is 47.7 Å². The Labute approximate surface area is 167 Å². The summed E-state index contributed by atoms with van der Waals surface area (Å²) in [6, 6.07) is 11.8. The van der Waals surface area contributed by atoms with Crippen LogP contribution < -0.4 is 4.74 Å². The van der Waals surface area contributed by atoms with E-state index in [-0.39, 0.29) is 0 Å². The number of benzene rings is 2. The highest BCUT2D eigenvalue weighted by molar-refractivity contribution is 5.63. The first kappa shape index (κ1) is 19.5. The van der Waals surface area contributed by atoms with Crippen molar-refractivity contribution < 1.29 is 22.8 Å². The quantitative estimate of drug-likeness (QED) is 0.556. The molecule has 1 aromatic heterocycles. The van der Waals surface area contributed by atoms with Gasteiger partial charge in [0.25, 0.3) is 0 Å². The fourth-order valence-corrected chi connectivity index (χ4v) is 3.46. The first-order chi connectivity index (χ1) is 14.1. The third-order valence-corrected chi connectivity index (χ3v) is 4.99. The minimum atomic E-state index is -0.889. The van der Waals surface area contributed by atoms with E-state index < -0.39 is 11.6 Å². The van der Waals surface area contributed by atoms with Crippen LogP contribution in [0.5, 0.6) is 5.75 Å². The summed E-state index contributed by atoms with van der Waals surface area (Å²) in [5.41, 5.74) is 3.19. The van der Waals surface area contributed by atoms with Gasteiger partial charge in [-0.1, -0.05) is 17.3 Å². The van der Waals surface area contributed by atoms with Crippen molar-refractivity contribution in [3.05, 3.63) is 71.0 Å². The lowest BCUT2D eigenvalue weighted by Gasteiger charge is -2.26. The molecule has 2 heterocycles. The molecule has 5 nitrogen and oxygen atoms in total. The zero-order valence-electron chi connectivity index (χ0n) is 16.2. The van der Waals surface area contributed by atoms with Gasteiger partial charge in [-0.25, -0.2) is 8.78 Å². The molecule has 7 heteroatoms. The molecule has 0 N–H and O–H groups in total. The monoisotopic (exact) mass is 400 g/mol. The van der Waals surface area contributed by atoms with Gasteiger partial charge >= 0.3 is 0 Å². The number of hydrogen-bond donors (Lipinski definition) is 0. The number of fused-ring (bicyclic) bond motifs is 1. The van der Waals surface area contributed by atoms with Gasteiger partial charge in [-0.15, -0.1) is 0 Å². The Bertz CT molecular complexity index is 973. The summed E-state index contributed by atoms with van der Waals surface area (Å²) in [4.78, 5) is 2.28. The van der Waals surface area contributed by atoms with Crippen LogP contribution in [0.4, 0.5) is 8.78 Å². The van der Waals surface area contributed by atoms with Gasteiger partial charge in [0.05, 0.1) is 6.61 Å². The van der Waals surface area contributed by atoms with E-state index >= 15 is 0 Å². The Kier molecular flexibility index (Phi) is 5.87. The van der Waals surface area contributed by atoms with Crippen molar-refractivity contribution in [2.24, 2.45) is 0 Å². The highest BCUT2D eigenvalue weighted by atomic mass is 19.2. The molecular weight excluding hydrogens is 378 g/mol. The van der Waals surface area contributed by atoms with Crippen LogP contribution in [0.25, 0.3) is 11.3 Å². The van der Waals surface area contributed by atoms with Gasteiger partial charge in [0.15, 0.2) is 11.6 Å². The standard InChI is InChI=1S/C22H22F2N2O3/c1-27-10-11-28-17-5-2-15(3-6-17)13-26-9-8-21-18(14-26)22(25-29-21)16-4-7-19(23)20(24)12-16/h2-7,12H,8-11,13-14H2,1H3. The SMILES string of the molecule is COCCOc1ccc(CN2CCc3onc(-c4ccc(F)c(F)c4)c3C2)cc1. The van der Waals surface area contributed by atoms with Crippen LogP contribution in [0, 0.1) is 11.6 Å². The zero-order valence-corrected chi connectivity index (χ0v) is 16.2. The summed E-state index contributed by atoms with van der Waals surface area (Å²) in [5.74, 6) is -0.142. The van der Waals surface area contributed by atoms with Gasteiger partial charge in [-0.05, 0) is 35.9 Å². The molecule has 152 valence electrons. The molecule has 29 heavy (non-hydrogen) atoms.